The average Bonchev–Trinajstić information content (AvgIpc) is 2.26. The van der Waals surface area contributed by atoms with Gasteiger partial charge in [0.25, 0.3) is 0 Å². The quantitative estimate of drug-likeness (QED) is 0.883. The molecule has 1 rings (SSSR count). The molecule has 1 heterocycles. The van der Waals surface area contributed by atoms with Crippen LogP contribution in [-0.4, -0.2) is 30.8 Å². The summed E-state index contributed by atoms with van der Waals surface area (Å²) in [6.45, 7) is 2.95. The van der Waals surface area contributed by atoms with E-state index in [1.165, 1.54) is 11.1 Å². The topological polar surface area (TPSA) is 28.2 Å². The van der Waals surface area contributed by atoms with Crippen LogP contribution >= 0.6 is 0 Å². The normalized spacial score (nSPS) is 11.9. The number of nitrogens with zero attached hydrogens (tertiary/aromatic N) is 2. The first-order chi connectivity index (χ1) is 8.35. The van der Waals surface area contributed by atoms with E-state index in [1.807, 2.05) is 0 Å². The van der Waals surface area contributed by atoms with E-state index >= 15 is 0 Å². The molecule has 1 aromatic rings. The number of pyridine rings is 1. The van der Waals surface area contributed by atoms with Crippen molar-refractivity contribution in [2.45, 2.75) is 32.6 Å². The van der Waals surface area contributed by atoms with Gasteiger partial charge in [-0.3, -0.25) is 0 Å². The second-order valence-electron chi connectivity index (χ2n) is 4.35. The lowest BCUT2D eigenvalue weighted by atomic mass is 10.2. The number of anilines is 1. The molecule has 0 aliphatic heterocycles. The number of halogens is 3. The SMILES string of the molecule is CNCc1cccnc1N(CC(F)(F)F)C(C)C. The second kappa shape index (κ2) is 6.04. The molecule has 0 aliphatic rings. The maximum Gasteiger partial charge on any atom is 0.405 e. The van der Waals surface area contributed by atoms with Crippen LogP contribution in [0.5, 0.6) is 0 Å². The van der Waals surface area contributed by atoms with Crippen molar-refractivity contribution in [3.05, 3.63) is 23.9 Å². The summed E-state index contributed by atoms with van der Waals surface area (Å²) >= 11 is 0. The van der Waals surface area contributed by atoms with E-state index in [1.54, 1.807) is 33.0 Å². The molecular weight excluding hydrogens is 243 g/mol. The van der Waals surface area contributed by atoms with Gasteiger partial charge in [-0.1, -0.05) is 6.07 Å². The van der Waals surface area contributed by atoms with Crippen molar-refractivity contribution in [3.63, 3.8) is 0 Å². The Labute approximate surface area is 105 Å². The minimum atomic E-state index is -4.24. The van der Waals surface area contributed by atoms with Gasteiger partial charge in [-0.2, -0.15) is 13.2 Å². The van der Waals surface area contributed by atoms with Gasteiger partial charge in [0, 0.05) is 24.3 Å². The van der Waals surface area contributed by atoms with Gasteiger partial charge in [-0.15, -0.1) is 0 Å². The van der Waals surface area contributed by atoms with Gasteiger partial charge in [-0.05, 0) is 27.0 Å². The molecule has 1 N–H and O–H groups in total. The molecule has 0 bridgehead atoms. The highest BCUT2D eigenvalue weighted by molar-refractivity contribution is 5.47. The Balaban J connectivity index is 3.05. The summed E-state index contributed by atoms with van der Waals surface area (Å²) in [5.41, 5.74) is 0.762. The van der Waals surface area contributed by atoms with Gasteiger partial charge >= 0.3 is 6.18 Å². The molecule has 102 valence electrons. The van der Waals surface area contributed by atoms with Crippen molar-refractivity contribution in [2.24, 2.45) is 0 Å². The van der Waals surface area contributed by atoms with Crippen molar-refractivity contribution in [2.75, 3.05) is 18.5 Å². The van der Waals surface area contributed by atoms with E-state index in [2.05, 4.69) is 10.3 Å². The Morgan fingerprint density at radius 2 is 2.06 bits per heavy atom. The highest BCUT2D eigenvalue weighted by atomic mass is 19.4. The van der Waals surface area contributed by atoms with Crippen LogP contribution in [0.25, 0.3) is 0 Å². The standard InChI is InChI=1S/C12H18F3N3/c1-9(2)18(8-12(13,14)15)11-10(7-16-3)5-4-6-17-11/h4-6,9,16H,7-8H2,1-3H3. The third-order valence-corrected chi connectivity index (χ3v) is 2.48. The smallest absolute Gasteiger partial charge is 0.345 e. The van der Waals surface area contributed by atoms with Crippen LogP contribution in [0.2, 0.25) is 0 Å². The Kier molecular flexibility index (Phi) is 4.95. The van der Waals surface area contributed by atoms with Crippen LogP contribution in [0, 0.1) is 0 Å². The Hall–Kier alpha value is -1.30. The molecule has 0 saturated heterocycles. The molecule has 6 heteroatoms. The van der Waals surface area contributed by atoms with Crippen molar-refractivity contribution < 1.29 is 13.2 Å². The summed E-state index contributed by atoms with van der Waals surface area (Å²) in [5.74, 6) is 0.388. The number of hydrogen-bond donors (Lipinski definition) is 1. The molecule has 0 aliphatic carbocycles. The lowest BCUT2D eigenvalue weighted by molar-refractivity contribution is -0.120. The highest BCUT2D eigenvalue weighted by Gasteiger charge is 2.33. The summed E-state index contributed by atoms with van der Waals surface area (Å²) in [6.07, 6.45) is -2.72. The van der Waals surface area contributed by atoms with Crippen molar-refractivity contribution in [1.82, 2.24) is 10.3 Å². The van der Waals surface area contributed by atoms with E-state index in [0.29, 0.717) is 12.4 Å². The molecule has 0 radical (unpaired) electrons. The van der Waals surface area contributed by atoms with Crippen molar-refractivity contribution in [3.8, 4) is 0 Å². The van der Waals surface area contributed by atoms with Crippen LogP contribution in [0.15, 0.2) is 18.3 Å². The van der Waals surface area contributed by atoms with Crippen LogP contribution in [0.4, 0.5) is 19.0 Å². The summed E-state index contributed by atoms with van der Waals surface area (Å²) in [6, 6.07) is 3.24. The summed E-state index contributed by atoms with van der Waals surface area (Å²) < 4.78 is 37.8. The summed E-state index contributed by atoms with van der Waals surface area (Å²) in [4.78, 5) is 5.36. The van der Waals surface area contributed by atoms with Crippen LogP contribution in [-0.2, 0) is 6.54 Å². The van der Waals surface area contributed by atoms with Gasteiger partial charge in [0.2, 0.25) is 0 Å². The van der Waals surface area contributed by atoms with Crippen molar-refractivity contribution >= 4 is 5.82 Å². The predicted octanol–water partition coefficient (Wildman–Crippen LogP) is 2.58. The number of nitrogens with one attached hydrogen (secondary N) is 1. The number of aromatic nitrogens is 1. The summed E-state index contributed by atoms with van der Waals surface area (Å²) in [7, 11) is 1.75. The lowest BCUT2D eigenvalue weighted by Crippen LogP contribution is -2.40. The van der Waals surface area contributed by atoms with Crippen molar-refractivity contribution in [1.29, 1.82) is 0 Å². The Morgan fingerprint density at radius 1 is 1.39 bits per heavy atom. The van der Waals surface area contributed by atoms with E-state index in [9.17, 15) is 13.2 Å². The molecule has 0 spiro atoms. The molecule has 0 fully saturated rings. The average molecular weight is 261 g/mol. The number of rotatable bonds is 5. The second-order valence-corrected chi connectivity index (χ2v) is 4.35. The molecule has 0 amide bonds. The molecule has 1 aromatic heterocycles. The first-order valence-electron chi connectivity index (χ1n) is 5.77. The third kappa shape index (κ3) is 4.18. The maximum atomic E-state index is 12.6. The predicted molar refractivity (Wildman–Crippen MR) is 65.5 cm³/mol. The maximum absolute atomic E-state index is 12.6. The Morgan fingerprint density at radius 3 is 2.56 bits per heavy atom. The van der Waals surface area contributed by atoms with E-state index < -0.39 is 12.7 Å². The highest BCUT2D eigenvalue weighted by Crippen LogP contribution is 2.25. The van der Waals surface area contributed by atoms with Crippen LogP contribution in [0.1, 0.15) is 19.4 Å². The van der Waals surface area contributed by atoms with Gasteiger partial charge in [0.1, 0.15) is 12.4 Å². The molecule has 18 heavy (non-hydrogen) atoms. The zero-order valence-electron chi connectivity index (χ0n) is 10.8. The fourth-order valence-corrected chi connectivity index (χ4v) is 1.71. The fourth-order valence-electron chi connectivity index (χ4n) is 1.71. The molecule has 3 nitrogen and oxygen atoms in total. The summed E-state index contributed by atoms with van der Waals surface area (Å²) in [5, 5.41) is 2.93. The number of alkyl halides is 3. The largest absolute Gasteiger partial charge is 0.405 e. The molecule has 0 unspecified atom stereocenters. The fraction of sp³-hybridized carbons (Fsp3) is 0.583. The van der Waals surface area contributed by atoms with Crippen LogP contribution < -0.4 is 10.2 Å². The molecule has 0 saturated carbocycles. The molecule has 0 atom stereocenters. The van der Waals surface area contributed by atoms with Gasteiger partial charge in [0.15, 0.2) is 0 Å². The third-order valence-electron chi connectivity index (χ3n) is 2.48. The minimum absolute atomic E-state index is 0.267. The first kappa shape index (κ1) is 14.8. The minimum Gasteiger partial charge on any atom is -0.345 e. The molecular formula is C12H18F3N3. The van der Waals surface area contributed by atoms with E-state index in [4.69, 9.17) is 0 Å². The monoisotopic (exact) mass is 261 g/mol. The van der Waals surface area contributed by atoms with Gasteiger partial charge in [0.05, 0.1) is 0 Å². The lowest BCUT2D eigenvalue weighted by Gasteiger charge is -2.30. The van der Waals surface area contributed by atoms with E-state index in [-0.39, 0.29) is 6.04 Å². The first-order valence-corrected chi connectivity index (χ1v) is 5.77. The van der Waals surface area contributed by atoms with Crippen LogP contribution in [0.3, 0.4) is 0 Å². The molecule has 0 aromatic carbocycles. The number of hydrogen-bond acceptors (Lipinski definition) is 3. The van der Waals surface area contributed by atoms with Gasteiger partial charge in [-0.25, -0.2) is 4.98 Å². The van der Waals surface area contributed by atoms with E-state index in [0.717, 1.165) is 5.56 Å². The Bertz CT molecular complexity index is 377. The zero-order chi connectivity index (χ0) is 13.8. The zero-order valence-corrected chi connectivity index (χ0v) is 10.8. The van der Waals surface area contributed by atoms with Gasteiger partial charge < -0.3 is 10.2 Å².